The number of nitrogens with zero attached hydrogens (tertiary/aromatic N) is 3. The summed E-state index contributed by atoms with van der Waals surface area (Å²) < 4.78 is 12.6. The number of benzene rings is 2. The van der Waals surface area contributed by atoms with Gasteiger partial charge in [-0.05, 0) is 56.5 Å². The fraction of sp³-hybridized carbons (Fsp3) is 0.472. The van der Waals surface area contributed by atoms with Crippen LogP contribution in [-0.2, 0) is 25.7 Å². The standard InChI is InChI=1S/C36H43N3O6/c1-3-44-28-17-15-27(16-18-28)38-23-11-19-35(2)29(32(38)41)30-33(42)39(22-9-4-5-10-24-40)31-34(43)37(21-12-20-36(30,31)45-35)25-26-13-7-6-8-14-26/h6-8,11-20,29-31,40H,3-5,9-10,21-25H2,1-2H3/t29-,30-,31?,35+,36-/m0/s1. The van der Waals surface area contributed by atoms with E-state index in [0.29, 0.717) is 51.3 Å². The molecule has 4 aliphatic rings. The molecule has 45 heavy (non-hydrogen) atoms. The first-order valence-corrected chi connectivity index (χ1v) is 16.2. The number of carbonyl (C=O) groups excluding carboxylic acids is 3. The van der Waals surface area contributed by atoms with E-state index in [0.717, 1.165) is 24.2 Å². The van der Waals surface area contributed by atoms with Crippen LogP contribution in [0.25, 0.3) is 0 Å². The van der Waals surface area contributed by atoms with E-state index in [2.05, 4.69) is 0 Å². The van der Waals surface area contributed by atoms with Crippen molar-refractivity contribution in [1.29, 1.82) is 0 Å². The third-order valence-electron chi connectivity index (χ3n) is 9.62. The molecule has 0 aromatic heterocycles. The average molecular weight is 614 g/mol. The highest BCUT2D eigenvalue weighted by Crippen LogP contribution is 2.57. The van der Waals surface area contributed by atoms with Crippen LogP contribution in [-0.4, -0.2) is 82.7 Å². The zero-order valence-corrected chi connectivity index (χ0v) is 26.1. The summed E-state index contributed by atoms with van der Waals surface area (Å²) in [5.74, 6) is -1.55. The van der Waals surface area contributed by atoms with Gasteiger partial charge >= 0.3 is 0 Å². The number of carbonyl (C=O) groups is 3. The van der Waals surface area contributed by atoms with Gasteiger partial charge in [0.05, 0.1) is 24.0 Å². The van der Waals surface area contributed by atoms with Gasteiger partial charge in [0.1, 0.15) is 17.4 Å². The SMILES string of the molecule is CCOc1ccc(N2CC=C[C@@]3(C)O[C@]45C=CCN(Cc6ccccc6)C(=O)C4N(CCCCCCO)C(=O)[C@@H]5[C@H]3C2=O)cc1. The highest BCUT2D eigenvalue weighted by Gasteiger charge is 2.74. The second-order valence-electron chi connectivity index (χ2n) is 12.6. The minimum atomic E-state index is -1.29. The maximum absolute atomic E-state index is 14.6. The van der Waals surface area contributed by atoms with Gasteiger partial charge in [0.15, 0.2) is 0 Å². The first-order chi connectivity index (χ1) is 21.8. The van der Waals surface area contributed by atoms with Crippen molar-refractivity contribution >= 4 is 23.4 Å². The summed E-state index contributed by atoms with van der Waals surface area (Å²) in [7, 11) is 0. The maximum atomic E-state index is 14.6. The van der Waals surface area contributed by atoms with E-state index < -0.39 is 29.1 Å². The fourth-order valence-electron chi connectivity index (χ4n) is 7.62. The third-order valence-corrected chi connectivity index (χ3v) is 9.62. The van der Waals surface area contributed by atoms with Crippen molar-refractivity contribution in [3.8, 4) is 5.75 Å². The molecule has 0 saturated carbocycles. The molecule has 0 bridgehead atoms. The Balaban J connectivity index is 1.36. The molecule has 1 spiro atoms. The van der Waals surface area contributed by atoms with Gasteiger partial charge in [-0.15, -0.1) is 0 Å². The molecule has 1 N–H and O–H groups in total. The second kappa shape index (κ2) is 12.8. The molecule has 1 unspecified atom stereocenters. The van der Waals surface area contributed by atoms with Crippen LogP contribution in [0.1, 0.15) is 45.1 Å². The Labute approximate surface area is 265 Å². The van der Waals surface area contributed by atoms with Crippen LogP contribution < -0.4 is 9.64 Å². The molecular weight excluding hydrogens is 570 g/mol. The lowest BCUT2D eigenvalue weighted by Gasteiger charge is -2.37. The molecule has 0 aliphatic carbocycles. The molecule has 2 saturated heterocycles. The molecule has 9 heteroatoms. The van der Waals surface area contributed by atoms with Crippen molar-refractivity contribution in [2.24, 2.45) is 11.8 Å². The molecule has 6 rings (SSSR count). The second-order valence-corrected chi connectivity index (χ2v) is 12.6. The summed E-state index contributed by atoms with van der Waals surface area (Å²) >= 11 is 0. The van der Waals surface area contributed by atoms with E-state index in [-0.39, 0.29) is 24.3 Å². The Morgan fingerprint density at radius 1 is 0.867 bits per heavy atom. The number of hydrogen-bond donors (Lipinski definition) is 1. The predicted molar refractivity (Wildman–Crippen MR) is 170 cm³/mol. The summed E-state index contributed by atoms with van der Waals surface area (Å²) in [6.07, 6.45) is 10.7. The van der Waals surface area contributed by atoms with Gasteiger partial charge in [-0.1, -0.05) is 67.5 Å². The smallest absolute Gasteiger partial charge is 0.249 e. The van der Waals surface area contributed by atoms with Gasteiger partial charge in [0, 0.05) is 38.5 Å². The molecule has 238 valence electrons. The van der Waals surface area contributed by atoms with Crippen molar-refractivity contribution in [3.05, 3.63) is 84.5 Å². The Kier molecular flexibility index (Phi) is 8.84. The zero-order chi connectivity index (χ0) is 31.6. The Bertz CT molecular complexity index is 1460. The highest BCUT2D eigenvalue weighted by molar-refractivity contribution is 6.04. The Morgan fingerprint density at radius 3 is 2.33 bits per heavy atom. The fourth-order valence-corrected chi connectivity index (χ4v) is 7.62. The lowest BCUT2D eigenvalue weighted by Crippen LogP contribution is -2.55. The number of likely N-dealkylation sites (tertiary alicyclic amines) is 1. The van der Waals surface area contributed by atoms with Crippen LogP contribution >= 0.6 is 0 Å². The van der Waals surface area contributed by atoms with E-state index in [9.17, 15) is 19.5 Å². The van der Waals surface area contributed by atoms with Crippen LogP contribution in [0.2, 0.25) is 0 Å². The lowest BCUT2D eigenvalue weighted by molar-refractivity contribution is -0.151. The van der Waals surface area contributed by atoms with Crippen molar-refractivity contribution < 1.29 is 29.0 Å². The third kappa shape index (κ3) is 5.57. The van der Waals surface area contributed by atoms with Crippen LogP contribution in [0.4, 0.5) is 5.69 Å². The van der Waals surface area contributed by atoms with Crippen molar-refractivity contribution in [2.75, 3.05) is 37.7 Å². The minimum absolute atomic E-state index is 0.128. The van der Waals surface area contributed by atoms with E-state index >= 15 is 0 Å². The van der Waals surface area contributed by atoms with Crippen LogP contribution in [0.3, 0.4) is 0 Å². The molecule has 9 nitrogen and oxygen atoms in total. The number of hydrogen-bond acceptors (Lipinski definition) is 6. The van der Waals surface area contributed by atoms with Crippen molar-refractivity contribution in [2.45, 2.75) is 63.3 Å². The molecule has 2 aromatic carbocycles. The molecule has 4 heterocycles. The van der Waals surface area contributed by atoms with Crippen LogP contribution in [0.5, 0.6) is 5.75 Å². The highest BCUT2D eigenvalue weighted by atomic mass is 16.5. The number of fused-ring (bicyclic) bond motifs is 2. The largest absolute Gasteiger partial charge is 0.494 e. The molecule has 2 fully saturated rings. The zero-order valence-electron chi connectivity index (χ0n) is 26.1. The average Bonchev–Trinajstić information content (AvgIpc) is 3.31. The number of amides is 3. The van der Waals surface area contributed by atoms with Crippen LogP contribution in [0.15, 0.2) is 78.9 Å². The first-order valence-electron chi connectivity index (χ1n) is 16.2. The normalized spacial score (nSPS) is 29.0. The summed E-state index contributed by atoms with van der Waals surface area (Å²) in [4.78, 5) is 48.9. The van der Waals surface area contributed by atoms with E-state index in [1.165, 1.54) is 0 Å². The molecule has 2 aromatic rings. The van der Waals surface area contributed by atoms with Gasteiger partial charge in [-0.25, -0.2) is 0 Å². The molecule has 3 amide bonds. The number of ether oxygens (including phenoxy) is 2. The Morgan fingerprint density at radius 2 is 1.60 bits per heavy atom. The maximum Gasteiger partial charge on any atom is 0.249 e. The summed E-state index contributed by atoms with van der Waals surface area (Å²) in [6.45, 7) is 5.97. The Hall–Kier alpha value is -3.95. The quantitative estimate of drug-likeness (QED) is 0.303. The molecule has 0 radical (unpaired) electrons. The first kappa shape index (κ1) is 31.0. The number of anilines is 1. The number of unbranched alkanes of at least 4 members (excludes halogenated alkanes) is 3. The minimum Gasteiger partial charge on any atom is -0.494 e. The van der Waals surface area contributed by atoms with Gasteiger partial charge in [0.25, 0.3) is 0 Å². The van der Waals surface area contributed by atoms with Gasteiger partial charge in [-0.3, -0.25) is 14.4 Å². The lowest BCUT2D eigenvalue weighted by atomic mass is 9.74. The summed E-state index contributed by atoms with van der Waals surface area (Å²) in [5.41, 5.74) is -0.656. The monoisotopic (exact) mass is 613 g/mol. The van der Waals surface area contributed by atoms with Crippen molar-refractivity contribution in [1.82, 2.24) is 9.80 Å². The summed E-state index contributed by atoms with van der Waals surface area (Å²) in [6, 6.07) is 16.3. The molecule has 5 atom stereocenters. The van der Waals surface area contributed by atoms with E-state index in [1.807, 2.05) is 92.7 Å². The number of aliphatic hydroxyl groups is 1. The summed E-state index contributed by atoms with van der Waals surface area (Å²) in [5, 5.41) is 9.23. The van der Waals surface area contributed by atoms with Gasteiger partial charge in [-0.2, -0.15) is 0 Å². The van der Waals surface area contributed by atoms with E-state index in [1.54, 1.807) is 14.7 Å². The van der Waals surface area contributed by atoms with Gasteiger partial charge in [0.2, 0.25) is 17.7 Å². The molecular formula is C36H43N3O6. The van der Waals surface area contributed by atoms with E-state index in [4.69, 9.17) is 9.47 Å². The van der Waals surface area contributed by atoms with Crippen LogP contribution in [0, 0.1) is 11.8 Å². The van der Waals surface area contributed by atoms with Gasteiger partial charge < -0.3 is 29.3 Å². The number of rotatable bonds is 11. The topological polar surface area (TPSA) is 99.6 Å². The molecule has 4 aliphatic heterocycles. The number of aliphatic hydroxyl groups excluding tert-OH is 1. The van der Waals surface area contributed by atoms with Crippen molar-refractivity contribution in [3.63, 3.8) is 0 Å². The predicted octanol–water partition coefficient (Wildman–Crippen LogP) is 4.11.